The molecule has 0 spiro atoms. The van der Waals surface area contributed by atoms with E-state index < -0.39 is 17.7 Å². The van der Waals surface area contributed by atoms with Gasteiger partial charge in [0.1, 0.15) is 0 Å². The second-order valence-electron chi connectivity index (χ2n) is 4.64. The van der Waals surface area contributed by atoms with Crippen LogP contribution in [0.1, 0.15) is 24.0 Å². The number of alkyl halides is 3. The van der Waals surface area contributed by atoms with Crippen LogP contribution in [0.4, 0.5) is 13.2 Å². The molecule has 0 unspecified atom stereocenters. The quantitative estimate of drug-likeness (QED) is 0.917. The highest BCUT2D eigenvalue weighted by molar-refractivity contribution is 5.71. The van der Waals surface area contributed by atoms with Crippen molar-refractivity contribution in [3.05, 3.63) is 35.4 Å². The number of carboxylic acid groups (broad SMARTS) is 1. The fourth-order valence-electron chi connectivity index (χ4n) is 1.95. The van der Waals surface area contributed by atoms with Gasteiger partial charge in [-0.1, -0.05) is 12.1 Å². The van der Waals surface area contributed by atoms with E-state index in [1.807, 2.05) is 0 Å². The molecule has 19 heavy (non-hydrogen) atoms. The lowest BCUT2D eigenvalue weighted by Gasteiger charge is -2.32. The van der Waals surface area contributed by atoms with E-state index >= 15 is 0 Å². The highest BCUT2D eigenvalue weighted by Crippen LogP contribution is 2.32. The molecule has 0 saturated heterocycles. The van der Waals surface area contributed by atoms with Gasteiger partial charge in [-0.15, -0.1) is 0 Å². The minimum Gasteiger partial charge on any atom is -0.481 e. The Labute approximate surface area is 108 Å². The Balaban J connectivity index is 1.86. The molecule has 1 aromatic carbocycles. The van der Waals surface area contributed by atoms with E-state index in [1.54, 1.807) is 6.07 Å². The van der Waals surface area contributed by atoms with Gasteiger partial charge in [0, 0.05) is 0 Å². The Bertz CT molecular complexity index is 464. The van der Waals surface area contributed by atoms with Crippen molar-refractivity contribution in [1.29, 1.82) is 0 Å². The standard InChI is InChI=1S/C13H13F3O3/c14-13(15,16)10-3-1-2-8(4-10)7-19-11-5-9(6-11)12(17)18/h1-4,9,11H,5-7H2,(H,17,18). The number of benzene rings is 1. The van der Waals surface area contributed by atoms with Crippen molar-refractivity contribution in [2.75, 3.05) is 0 Å². The first-order valence-corrected chi connectivity index (χ1v) is 5.87. The first kappa shape index (κ1) is 13.9. The number of aliphatic carboxylic acids is 1. The molecule has 0 atom stereocenters. The molecular formula is C13H13F3O3. The summed E-state index contributed by atoms with van der Waals surface area (Å²) in [5, 5.41) is 8.68. The maximum absolute atomic E-state index is 12.5. The van der Waals surface area contributed by atoms with Crippen LogP contribution in [-0.4, -0.2) is 17.2 Å². The van der Waals surface area contributed by atoms with Gasteiger partial charge < -0.3 is 9.84 Å². The summed E-state index contributed by atoms with van der Waals surface area (Å²) < 4.78 is 42.8. The highest BCUT2D eigenvalue weighted by Gasteiger charge is 2.35. The summed E-state index contributed by atoms with van der Waals surface area (Å²) in [5.74, 6) is -1.23. The van der Waals surface area contributed by atoms with Crippen LogP contribution in [0.15, 0.2) is 24.3 Å². The summed E-state index contributed by atoms with van der Waals surface area (Å²) in [4.78, 5) is 10.6. The fraction of sp³-hybridized carbons (Fsp3) is 0.462. The number of rotatable bonds is 4. The van der Waals surface area contributed by atoms with Crippen LogP contribution in [0.25, 0.3) is 0 Å². The van der Waals surface area contributed by atoms with Crippen molar-refractivity contribution in [1.82, 2.24) is 0 Å². The predicted octanol–water partition coefficient (Wildman–Crippen LogP) is 3.09. The topological polar surface area (TPSA) is 46.5 Å². The molecule has 1 N–H and O–H groups in total. The normalized spacial score (nSPS) is 22.9. The van der Waals surface area contributed by atoms with Crippen molar-refractivity contribution < 1.29 is 27.8 Å². The SMILES string of the molecule is O=C(O)C1CC(OCc2cccc(C(F)(F)F)c2)C1. The zero-order valence-corrected chi connectivity index (χ0v) is 9.98. The van der Waals surface area contributed by atoms with Crippen LogP contribution in [-0.2, 0) is 22.3 Å². The zero-order valence-electron chi connectivity index (χ0n) is 9.98. The van der Waals surface area contributed by atoms with Crippen molar-refractivity contribution in [3.63, 3.8) is 0 Å². The molecule has 1 aliphatic carbocycles. The van der Waals surface area contributed by atoms with Crippen LogP contribution >= 0.6 is 0 Å². The number of hydrogen-bond donors (Lipinski definition) is 1. The largest absolute Gasteiger partial charge is 0.481 e. The van der Waals surface area contributed by atoms with Gasteiger partial charge in [0.25, 0.3) is 0 Å². The molecule has 0 bridgehead atoms. The van der Waals surface area contributed by atoms with Gasteiger partial charge in [-0.3, -0.25) is 4.79 Å². The molecule has 0 aliphatic heterocycles. The lowest BCUT2D eigenvalue weighted by molar-refractivity contribution is -0.151. The Kier molecular flexibility index (Phi) is 3.80. The summed E-state index contributed by atoms with van der Waals surface area (Å²) in [7, 11) is 0. The van der Waals surface area contributed by atoms with Crippen LogP contribution in [0.2, 0.25) is 0 Å². The first-order chi connectivity index (χ1) is 8.86. The fourth-order valence-corrected chi connectivity index (χ4v) is 1.95. The minimum atomic E-state index is -4.36. The summed E-state index contributed by atoms with van der Waals surface area (Å²) in [6, 6.07) is 4.95. The lowest BCUT2D eigenvalue weighted by Crippen LogP contribution is -2.36. The molecule has 1 fully saturated rings. The second-order valence-corrected chi connectivity index (χ2v) is 4.64. The average Bonchev–Trinajstić information content (AvgIpc) is 2.25. The molecule has 0 radical (unpaired) electrons. The Hall–Kier alpha value is -1.56. The summed E-state index contributed by atoms with van der Waals surface area (Å²) in [5.41, 5.74) is -0.265. The molecule has 104 valence electrons. The van der Waals surface area contributed by atoms with Crippen molar-refractivity contribution >= 4 is 5.97 Å². The summed E-state index contributed by atoms with van der Waals surface area (Å²) >= 11 is 0. The Morgan fingerprint density at radius 1 is 1.37 bits per heavy atom. The van der Waals surface area contributed by atoms with Crippen LogP contribution in [0.5, 0.6) is 0 Å². The highest BCUT2D eigenvalue weighted by atomic mass is 19.4. The van der Waals surface area contributed by atoms with E-state index in [-0.39, 0.29) is 18.6 Å². The molecule has 6 heteroatoms. The smallest absolute Gasteiger partial charge is 0.416 e. The minimum absolute atomic E-state index is 0.0704. The third-order valence-corrected chi connectivity index (χ3v) is 3.18. The monoisotopic (exact) mass is 274 g/mol. The van der Waals surface area contributed by atoms with E-state index in [1.165, 1.54) is 6.07 Å². The molecule has 1 aromatic rings. The Morgan fingerprint density at radius 2 is 2.05 bits per heavy atom. The molecule has 0 amide bonds. The molecule has 1 saturated carbocycles. The number of carbonyl (C=O) groups is 1. The average molecular weight is 274 g/mol. The van der Waals surface area contributed by atoms with Gasteiger partial charge in [-0.2, -0.15) is 13.2 Å². The van der Waals surface area contributed by atoms with Gasteiger partial charge >= 0.3 is 12.1 Å². The molecule has 0 heterocycles. The van der Waals surface area contributed by atoms with Crippen LogP contribution in [0.3, 0.4) is 0 Å². The van der Waals surface area contributed by atoms with Crippen LogP contribution < -0.4 is 0 Å². The molecule has 2 rings (SSSR count). The van der Waals surface area contributed by atoms with E-state index in [0.29, 0.717) is 18.4 Å². The third kappa shape index (κ3) is 3.47. The second kappa shape index (κ2) is 5.21. The van der Waals surface area contributed by atoms with Gasteiger partial charge in [0.05, 0.1) is 24.2 Å². The van der Waals surface area contributed by atoms with Gasteiger partial charge in [-0.05, 0) is 30.5 Å². The van der Waals surface area contributed by atoms with Crippen LogP contribution in [0, 0.1) is 5.92 Å². The van der Waals surface area contributed by atoms with Gasteiger partial charge in [0.15, 0.2) is 0 Å². The predicted molar refractivity (Wildman–Crippen MR) is 60.4 cm³/mol. The van der Waals surface area contributed by atoms with E-state index in [2.05, 4.69) is 0 Å². The molecule has 3 nitrogen and oxygen atoms in total. The Morgan fingerprint density at radius 3 is 2.63 bits per heavy atom. The maximum Gasteiger partial charge on any atom is 0.416 e. The molecule has 0 aromatic heterocycles. The number of halogens is 3. The summed E-state index contributed by atoms with van der Waals surface area (Å²) in [6.07, 6.45) is -3.68. The van der Waals surface area contributed by atoms with Gasteiger partial charge in [0.2, 0.25) is 0 Å². The lowest BCUT2D eigenvalue weighted by atomic mass is 9.82. The van der Waals surface area contributed by atoms with E-state index in [0.717, 1.165) is 12.1 Å². The first-order valence-electron chi connectivity index (χ1n) is 5.87. The zero-order chi connectivity index (χ0) is 14.0. The van der Waals surface area contributed by atoms with Gasteiger partial charge in [-0.25, -0.2) is 0 Å². The van der Waals surface area contributed by atoms with Crippen molar-refractivity contribution in [2.45, 2.75) is 31.7 Å². The van der Waals surface area contributed by atoms with E-state index in [9.17, 15) is 18.0 Å². The molecule has 1 aliphatic rings. The summed E-state index contributed by atoms with van der Waals surface area (Å²) in [6.45, 7) is 0.0704. The van der Waals surface area contributed by atoms with Crippen molar-refractivity contribution in [2.24, 2.45) is 5.92 Å². The maximum atomic E-state index is 12.5. The number of ether oxygens (including phenoxy) is 1. The third-order valence-electron chi connectivity index (χ3n) is 3.18. The molecular weight excluding hydrogens is 261 g/mol. The number of carboxylic acids is 1. The van der Waals surface area contributed by atoms with Crippen molar-refractivity contribution in [3.8, 4) is 0 Å². The number of hydrogen-bond acceptors (Lipinski definition) is 2. The van der Waals surface area contributed by atoms with E-state index in [4.69, 9.17) is 9.84 Å².